The standard InChI is InChI=1S/C21H20F3N2.BrH/c22-21(23,24)17-10-7-11-18(14-17)26-19(16-8-3-1-4-9-16)15-25-13-6-2-5-12-20(25)26;/h1,3-4,7-11,14-15H,2,5-6,12-13H2;1H/q+1;/p-1. The summed E-state index contributed by atoms with van der Waals surface area (Å²) in [7, 11) is 0. The summed E-state index contributed by atoms with van der Waals surface area (Å²) in [6.45, 7) is 0.904. The highest BCUT2D eigenvalue weighted by Crippen LogP contribution is 2.32. The maximum atomic E-state index is 13.2. The van der Waals surface area contributed by atoms with E-state index in [0.29, 0.717) is 5.69 Å². The van der Waals surface area contributed by atoms with E-state index < -0.39 is 11.7 Å². The van der Waals surface area contributed by atoms with Gasteiger partial charge in [-0.15, -0.1) is 0 Å². The fourth-order valence-electron chi connectivity index (χ4n) is 3.66. The zero-order valence-corrected chi connectivity index (χ0v) is 16.3. The van der Waals surface area contributed by atoms with E-state index in [1.807, 2.05) is 34.9 Å². The number of nitrogens with zero attached hydrogens (tertiary/aromatic N) is 2. The minimum absolute atomic E-state index is 0. The fourth-order valence-corrected chi connectivity index (χ4v) is 3.66. The smallest absolute Gasteiger partial charge is 0.416 e. The van der Waals surface area contributed by atoms with Crippen LogP contribution in [0.4, 0.5) is 13.2 Å². The molecule has 0 amide bonds. The summed E-state index contributed by atoms with van der Waals surface area (Å²) in [5, 5.41) is 0. The van der Waals surface area contributed by atoms with Gasteiger partial charge in [-0.1, -0.05) is 36.4 Å². The number of aryl methyl sites for hydroxylation is 1. The number of fused-ring (bicyclic) bond motifs is 1. The zero-order valence-electron chi connectivity index (χ0n) is 14.7. The van der Waals surface area contributed by atoms with Gasteiger partial charge in [0.1, 0.15) is 11.9 Å². The van der Waals surface area contributed by atoms with Crippen molar-refractivity contribution < 1.29 is 34.7 Å². The SMILES string of the molecule is FC(F)(F)c1cccc(-n2c(-c3ccccc3)c[n+]3c2CCCCC3)c1.[Br-]. The minimum Gasteiger partial charge on any atom is -1.00 e. The second kappa shape index (κ2) is 7.89. The number of alkyl halides is 3. The molecule has 2 heterocycles. The highest BCUT2D eigenvalue weighted by Gasteiger charge is 2.33. The number of hydrogen-bond donors (Lipinski definition) is 0. The van der Waals surface area contributed by atoms with Crippen molar-refractivity contribution in [2.75, 3.05) is 0 Å². The molecular weight excluding hydrogens is 417 g/mol. The van der Waals surface area contributed by atoms with Gasteiger partial charge in [0.05, 0.1) is 12.1 Å². The molecule has 0 fully saturated rings. The number of halogens is 4. The first kappa shape index (κ1) is 19.7. The van der Waals surface area contributed by atoms with Crippen molar-refractivity contribution in [1.82, 2.24) is 4.57 Å². The molecule has 27 heavy (non-hydrogen) atoms. The molecule has 0 N–H and O–H groups in total. The molecular formula is C21H20BrF3N2. The Morgan fingerprint density at radius 2 is 1.67 bits per heavy atom. The Kier molecular flexibility index (Phi) is 5.75. The molecule has 0 radical (unpaired) electrons. The van der Waals surface area contributed by atoms with E-state index in [1.165, 1.54) is 12.1 Å². The maximum Gasteiger partial charge on any atom is 0.416 e. The fraction of sp³-hybridized carbons (Fsp3) is 0.286. The first-order valence-electron chi connectivity index (χ1n) is 8.91. The third-order valence-corrected chi connectivity index (χ3v) is 4.91. The summed E-state index contributed by atoms with van der Waals surface area (Å²) in [4.78, 5) is 0. The average molecular weight is 437 g/mol. The normalized spacial score (nSPS) is 14.2. The van der Waals surface area contributed by atoms with E-state index in [0.717, 1.165) is 55.4 Å². The Balaban J connectivity index is 0.00000210. The van der Waals surface area contributed by atoms with Gasteiger partial charge in [-0.25, -0.2) is 4.57 Å². The molecule has 1 aliphatic rings. The van der Waals surface area contributed by atoms with Gasteiger partial charge in [-0.2, -0.15) is 17.7 Å². The monoisotopic (exact) mass is 436 g/mol. The molecule has 0 atom stereocenters. The Morgan fingerprint density at radius 1 is 0.889 bits per heavy atom. The molecule has 0 aliphatic carbocycles. The van der Waals surface area contributed by atoms with Crippen LogP contribution in [-0.4, -0.2) is 4.57 Å². The molecule has 3 aromatic rings. The van der Waals surface area contributed by atoms with Gasteiger partial charge >= 0.3 is 6.18 Å². The number of hydrogen-bond acceptors (Lipinski definition) is 0. The molecule has 1 aromatic heterocycles. The topological polar surface area (TPSA) is 8.81 Å². The van der Waals surface area contributed by atoms with Crippen LogP contribution in [0.5, 0.6) is 0 Å². The quantitative estimate of drug-likeness (QED) is 0.544. The van der Waals surface area contributed by atoms with E-state index in [2.05, 4.69) is 10.8 Å². The minimum atomic E-state index is -4.35. The lowest BCUT2D eigenvalue weighted by molar-refractivity contribution is -0.702. The van der Waals surface area contributed by atoms with E-state index in [9.17, 15) is 13.2 Å². The summed E-state index contributed by atoms with van der Waals surface area (Å²) in [6.07, 6.45) is 1.89. The molecule has 0 saturated heterocycles. The Bertz CT molecular complexity index is 917. The van der Waals surface area contributed by atoms with Gasteiger partial charge in [0.15, 0.2) is 5.69 Å². The van der Waals surface area contributed by atoms with Crippen LogP contribution in [0.2, 0.25) is 0 Å². The third-order valence-electron chi connectivity index (χ3n) is 4.91. The summed E-state index contributed by atoms with van der Waals surface area (Å²) < 4.78 is 43.9. The first-order valence-corrected chi connectivity index (χ1v) is 8.91. The van der Waals surface area contributed by atoms with Crippen molar-refractivity contribution in [3.05, 3.63) is 72.2 Å². The number of rotatable bonds is 2. The summed E-state index contributed by atoms with van der Waals surface area (Å²) in [5.74, 6) is 1.07. The summed E-state index contributed by atoms with van der Waals surface area (Å²) in [5.41, 5.74) is 1.89. The molecule has 6 heteroatoms. The third kappa shape index (κ3) is 3.95. The Labute approximate surface area is 167 Å². The zero-order chi connectivity index (χ0) is 18.1. The summed E-state index contributed by atoms with van der Waals surface area (Å²) in [6, 6.07) is 15.5. The van der Waals surface area contributed by atoms with E-state index in [4.69, 9.17) is 0 Å². The largest absolute Gasteiger partial charge is 1.00 e. The molecule has 0 saturated carbocycles. The van der Waals surface area contributed by atoms with Gasteiger partial charge in [0.25, 0.3) is 5.82 Å². The van der Waals surface area contributed by atoms with Crippen LogP contribution in [0.1, 0.15) is 30.7 Å². The highest BCUT2D eigenvalue weighted by atomic mass is 79.9. The second-order valence-electron chi connectivity index (χ2n) is 6.68. The predicted octanol–water partition coefficient (Wildman–Crippen LogP) is 2.18. The van der Waals surface area contributed by atoms with Crippen molar-refractivity contribution in [2.24, 2.45) is 0 Å². The Hall–Kier alpha value is -2.08. The molecule has 142 valence electrons. The van der Waals surface area contributed by atoms with Crippen molar-refractivity contribution in [1.29, 1.82) is 0 Å². The van der Waals surface area contributed by atoms with E-state index in [1.54, 1.807) is 6.07 Å². The van der Waals surface area contributed by atoms with Gasteiger partial charge < -0.3 is 17.0 Å². The van der Waals surface area contributed by atoms with Crippen LogP contribution in [0, 0.1) is 0 Å². The number of benzene rings is 2. The maximum absolute atomic E-state index is 13.2. The highest BCUT2D eigenvalue weighted by molar-refractivity contribution is 5.61. The lowest BCUT2D eigenvalue weighted by Gasteiger charge is -2.09. The van der Waals surface area contributed by atoms with Gasteiger partial charge in [-0.05, 0) is 37.5 Å². The lowest BCUT2D eigenvalue weighted by Crippen LogP contribution is -3.00. The van der Waals surface area contributed by atoms with Crippen LogP contribution in [0.25, 0.3) is 16.9 Å². The average Bonchev–Trinajstić information content (AvgIpc) is 2.85. The molecule has 1 aliphatic heterocycles. The van der Waals surface area contributed by atoms with Crippen LogP contribution < -0.4 is 21.5 Å². The van der Waals surface area contributed by atoms with Crippen LogP contribution in [-0.2, 0) is 19.1 Å². The van der Waals surface area contributed by atoms with Gasteiger partial charge in [0, 0.05) is 12.0 Å². The van der Waals surface area contributed by atoms with Crippen molar-refractivity contribution >= 4 is 0 Å². The van der Waals surface area contributed by atoms with Crippen LogP contribution in [0.3, 0.4) is 0 Å². The van der Waals surface area contributed by atoms with Crippen molar-refractivity contribution in [3.63, 3.8) is 0 Å². The number of aromatic nitrogens is 2. The molecule has 2 aromatic carbocycles. The molecule has 2 nitrogen and oxygen atoms in total. The van der Waals surface area contributed by atoms with Gasteiger partial charge in [0.2, 0.25) is 0 Å². The van der Waals surface area contributed by atoms with Crippen LogP contribution >= 0.6 is 0 Å². The number of imidazole rings is 1. The molecule has 4 rings (SSSR count). The van der Waals surface area contributed by atoms with Crippen molar-refractivity contribution in [3.8, 4) is 16.9 Å². The van der Waals surface area contributed by atoms with Crippen molar-refractivity contribution in [2.45, 2.75) is 38.4 Å². The Morgan fingerprint density at radius 3 is 2.41 bits per heavy atom. The second-order valence-corrected chi connectivity index (χ2v) is 6.68. The lowest BCUT2D eigenvalue weighted by atomic mass is 10.1. The summed E-state index contributed by atoms with van der Waals surface area (Å²) >= 11 is 0. The van der Waals surface area contributed by atoms with E-state index in [-0.39, 0.29) is 17.0 Å². The molecule has 0 bridgehead atoms. The van der Waals surface area contributed by atoms with Crippen LogP contribution in [0.15, 0.2) is 60.8 Å². The molecule has 0 unspecified atom stereocenters. The van der Waals surface area contributed by atoms with E-state index >= 15 is 0 Å². The predicted molar refractivity (Wildman–Crippen MR) is 94.0 cm³/mol. The first-order chi connectivity index (χ1) is 12.5. The van der Waals surface area contributed by atoms with Gasteiger partial charge in [-0.3, -0.25) is 0 Å². The molecule has 0 spiro atoms.